The molecular weight excluding hydrogens is 292 g/mol. The Morgan fingerprint density at radius 3 is 3.10 bits per heavy atom. The first kappa shape index (κ1) is 14.1. The van der Waals surface area contributed by atoms with Gasteiger partial charge in [0.15, 0.2) is 0 Å². The Kier molecular flexibility index (Phi) is 3.94. The van der Waals surface area contributed by atoms with Crippen molar-refractivity contribution in [3.63, 3.8) is 0 Å². The summed E-state index contributed by atoms with van der Waals surface area (Å²) in [6, 6.07) is 7.03. The first-order chi connectivity index (χ1) is 10.2. The van der Waals surface area contributed by atoms with Crippen LogP contribution in [0.15, 0.2) is 30.5 Å². The zero-order chi connectivity index (χ0) is 14.8. The first-order valence-corrected chi connectivity index (χ1v) is 7.08. The number of fused-ring (bicyclic) bond motifs is 1. The van der Waals surface area contributed by atoms with Crippen molar-refractivity contribution in [2.24, 2.45) is 0 Å². The van der Waals surface area contributed by atoms with Crippen LogP contribution in [0.2, 0.25) is 5.02 Å². The predicted octanol–water partition coefficient (Wildman–Crippen LogP) is 2.17. The maximum atomic E-state index is 11.5. The number of pyridine rings is 1. The molecular formula is C15H15ClN2O3. The molecule has 1 aromatic carbocycles. The molecule has 1 aromatic heterocycles. The summed E-state index contributed by atoms with van der Waals surface area (Å²) in [7, 11) is 1.38. The molecule has 2 aromatic rings. The van der Waals surface area contributed by atoms with Crippen LogP contribution in [-0.4, -0.2) is 36.8 Å². The Balaban J connectivity index is 1.80. The number of rotatable bonds is 3. The molecule has 21 heavy (non-hydrogen) atoms. The molecule has 3 rings (SSSR count). The van der Waals surface area contributed by atoms with E-state index in [1.54, 1.807) is 12.3 Å². The van der Waals surface area contributed by atoms with Gasteiger partial charge < -0.3 is 14.8 Å². The fourth-order valence-corrected chi connectivity index (χ4v) is 2.72. The largest absolute Gasteiger partial charge is 0.487 e. The number of esters is 1. The monoisotopic (exact) mass is 306 g/mol. The summed E-state index contributed by atoms with van der Waals surface area (Å²) in [6.07, 6.45) is 2.18. The zero-order valence-electron chi connectivity index (χ0n) is 11.5. The number of halogens is 1. The van der Waals surface area contributed by atoms with E-state index in [1.165, 1.54) is 7.11 Å². The number of aromatic nitrogens is 1. The number of nitrogens with one attached hydrogen (secondary N) is 1. The van der Waals surface area contributed by atoms with Gasteiger partial charge in [-0.2, -0.15) is 0 Å². The minimum absolute atomic E-state index is 0.0968. The molecule has 1 aliphatic heterocycles. The fraction of sp³-hybridized carbons (Fsp3) is 0.333. The molecule has 0 amide bonds. The van der Waals surface area contributed by atoms with Crippen LogP contribution in [0.1, 0.15) is 6.42 Å². The molecule has 1 N–H and O–H groups in total. The highest BCUT2D eigenvalue weighted by atomic mass is 35.5. The molecule has 0 saturated carbocycles. The number of carbonyl (C=O) groups excluding carboxylic acids is 1. The molecule has 0 unspecified atom stereocenters. The molecule has 110 valence electrons. The lowest BCUT2D eigenvalue weighted by atomic mass is 10.2. The van der Waals surface area contributed by atoms with Crippen molar-refractivity contribution in [2.45, 2.75) is 18.6 Å². The van der Waals surface area contributed by atoms with E-state index in [0.29, 0.717) is 23.7 Å². The molecule has 0 spiro atoms. The third-order valence-electron chi connectivity index (χ3n) is 3.55. The summed E-state index contributed by atoms with van der Waals surface area (Å²) < 4.78 is 10.7. The molecule has 2 heterocycles. The number of methoxy groups -OCH3 is 1. The molecule has 2 atom stereocenters. The Labute approximate surface area is 127 Å². The molecule has 5 nitrogen and oxygen atoms in total. The summed E-state index contributed by atoms with van der Waals surface area (Å²) in [5.41, 5.74) is 0.728. The van der Waals surface area contributed by atoms with Gasteiger partial charge >= 0.3 is 5.97 Å². The van der Waals surface area contributed by atoms with Crippen LogP contribution in [0, 0.1) is 0 Å². The molecule has 0 radical (unpaired) electrons. The molecule has 0 aliphatic carbocycles. The Hall–Kier alpha value is -1.85. The minimum atomic E-state index is -0.313. The molecule has 1 saturated heterocycles. The lowest BCUT2D eigenvalue weighted by Crippen LogP contribution is -2.31. The Morgan fingerprint density at radius 1 is 1.43 bits per heavy atom. The Morgan fingerprint density at radius 2 is 2.29 bits per heavy atom. The maximum absolute atomic E-state index is 11.5. The van der Waals surface area contributed by atoms with Gasteiger partial charge in [0.25, 0.3) is 0 Å². The summed E-state index contributed by atoms with van der Waals surface area (Å²) >= 11 is 6.16. The number of nitrogens with zero attached hydrogens (tertiary/aromatic N) is 1. The van der Waals surface area contributed by atoms with E-state index < -0.39 is 0 Å². The van der Waals surface area contributed by atoms with E-state index in [0.717, 1.165) is 10.9 Å². The van der Waals surface area contributed by atoms with E-state index >= 15 is 0 Å². The van der Waals surface area contributed by atoms with Crippen LogP contribution in [0.25, 0.3) is 10.9 Å². The van der Waals surface area contributed by atoms with Gasteiger partial charge in [0.2, 0.25) is 0 Å². The second kappa shape index (κ2) is 5.87. The van der Waals surface area contributed by atoms with Gasteiger partial charge in [-0.1, -0.05) is 11.6 Å². The van der Waals surface area contributed by atoms with E-state index in [2.05, 4.69) is 10.3 Å². The normalized spacial score (nSPS) is 21.4. The van der Waals surface area contributed by atoms with Crippen LogP contribution in [0.5, 0.6) is 5.75 Å². The van der Waals surface area contributed by atoms with E-state index in [-0.39, 0.29) is 18.1 Å². The van der Waals surface area contributed by atoms with Gasteiger partial charge in [-0.25, -0.2) is 0 Å². The molecule has 1 fully saturated rings. The summed E-state index contributed by atoms with van der Waals surface area (Å²) in [4.78, 5) is 15.8. The van der Waals surface area contributed by atoms with Crippen molar-refractivity contribution in [2.75, 3.05) is 13.7 Å². The SMILES string of the molecule is COC(=O)[C@@H]1C[C@@H](Oc2ccc(Cl)c3cccnc23)CN1. The molecule has 6 heteroatoms. The van der Waals surface area contributed by atoms with Crippen LogP contribution < -0.4 is 10.1 Å². The third kappa shape index (κ3) is 2.80. The highest BCUT2D eigenvalue weighted by Crippen LogP contribution is 2.31. The van der Waals surface area contributed by atoms with Crippen LogP contribution in [0.3, 0.4) is 0 Å². The second-order valence-electron chi connectivity index (χ2n) is 4.90. The van der Waals surface area contributed by atoms with Gasteiger partial charge in [-0.05, 0) is 24.3 Å². The highest BCUT2D eigenvalue weighted by molar-refractivity contribution is 6.35. The smallest absolute Gasteiger partial charge is 0.323 e. The molecule has 1 aliphatic rings. The predicted molar refractivity (Wildman–Crippen MR) is 79.6 cm³/mol. The number of hydrogen-bond acceptors (Lipinski definition) is 5. The van der Waals surface area contributed by atoms with Crippen LogP contribution >= 0.6 is 11.6 Å². The zero-order valence-corrected chi connectivity index (χ0v) is 12.3. The summed E-state index contributed by atoms with van der Waals surface area (Å²) in [5.74, 6) is 0.410. The first-order valence-electron chi connectivity index (χ1n) is 6.70. The number of benzene rings is 1. The average Bonchev–Trinajstić information content (AvgIpc) is 2.98. The van der Waals surface area contributed by atoms with Gasteiger partial charge in [-0.15, -0.1) is 0 Å². The van der Waals surface area contributed by atoms with Gasteiger partial charge in [0.1, 0.15) is 23.4 Å². The van der Waals surface area contributed by atoms with Crippen molar-refractivity contribution in [1.29, 1.82) is 0 Å². The van der Waals surface area contributed by atoms with Crippen molar-refractivity contribution in [3.8, 4) is 5.75 Å². The topological polar surface area (TPSA) is 60.5 Å². The maximum Gasteiger partial charge on any atom is 0.323 e. The van der Waals surface area contributed by atoms with Crippen LogP contribution in [-0.2, 0) is 9.53 Å². The lowest BCUT2D eigenvalue weighted by molar-refractivity contribution is -0.142. The Bertz CT molecular complexity index is 677. The minimum Gasteiger partial charge on any atom is -0.487 e. The number of carbonyl (C=O) groups is 1. The highest BCUT2D eigenvalue weighted by Gasteiger charge is 2.31. The number of ether oxygens (including phenoxy) is 2. The standard InChI is InChI=1S/C15H15ClN2O3/c1-20-15(19)12-7-9(8-18-12)21-13-5-4-11(16)10-3-2-6-17-14(10)13/h2-6,9,12,18H,7-8H2,1H3/t9-,12+/m1/s1. The second-order valence-corrected chi connectivity index (χ2v) is 5.31. The molecule has 0 bridgehead atoms. The fourth-order valence-electron chi connectivity index (χ4n) is 2.50. The van der Waals surface area contributed by atoms with Gasteiger partial charge in [0.05, 0.1) is 12.1 Å². The summed E-state index contributed by atoms with van der Waals surface area (Å²) in [6.45, 7) is 0.594. The van der Waals surface area contributed by atoms with Crippen molar-refractivity contribution < 1.29 is 14.3 Å². The summed E-state index contributed by atoms with van der Waals surface area (Å²) in [5, 5.41) is 4.59. The quantitative estimate of drug-likeness (QED) is 0.881. The van der Waals surface area contributed by atoms with Crippen molar-refractivity contribution in [1.82, 2.24) is 10.3 Å². The average molecular weight is 307 g/mol. The van der Waals surface area contributed by atoms with E-state index in [4.69, 9.17) is 21.1 Å². The van der Waals surface area contributed by atoms with E-state index in [1.807, 2.05) is 18.2 Å². The number of hydrogen-bond donors (Lipinski definition) is 1. The van der Waals surface area contributed by atoms with Crippen LogP contribution in [0.4, 0.5) is 0 Å². The third-order valence-corrected chi connectivity index (χ3v) is 3.88. The van der Waals surface area contributed by atoms with Gasteiger partial charge in [-0.3, -0.25) is 9.78 Å². The van der Waals surface area contributed by atoms with Crippen molar-refractivity contribution >= 4 is 28.5 Å². The van der Waals surface area contributed by atoms with Gasteiger partial charge in [0, 0.05) is 24.5 Å². The van der Waals surface area contributed by atoms with Crippen molar-refractivity contribution in [3.05, 3.63) is 35.5 Å². The lowest BCUT2D eigenvalue weighted by Gasteiger charge is -2.14. The van der Waals surface area contributed by atoms with E-state index in [9.17, 15) is 4.79 Å².